The van der Waals surface area contributed by atoms with Crippen LogP contribution in [-0.2, 0) is 9.47 Å². The Bertz CT molecular complexity index is 319. The second-order valence-corrected chi connectivity index (χ2v) is 4.58. The molecule has 0 aromatic heterocycles. The molecule has 2 atom stereocenters. The van der Waals surface area contributed by atoms with Gasteiger partial charge in [-0.25, -0.2) is 0 Å². The molecule has 1 aromatic carbocycles. The molecule has 1 aromatic rings. The van der Waals surface area contributed by atoms with Crippen molar-refractivity contribution in [3.05, 3.63) is 29.3 Å². The Labute approximate surface area is 92.5 Å². The summed E-state index contributed by atoms with van der Waals surface area (Å²) in [7, 11) is 1.66. The molecule has 2 unspecified atom stereocenters. The van der Waals surface area contributed by atoms with Crippen LogP contribution in [-0.4, -0.2) is 25.3 Å². The van der Waals surface area contributed by atoms with Crippen molar-refractivity contribution in [2.45, 2.75) is 17.3 Å². The molecule has 1 aliphatic rings. The summed E-state index contributed by atoms with van der Waals surface area (Å²) in [4.78, 5) is 1.17. The van der Waals surface area contributed by atoms with E-state index in [0.29, 0.717) is 0 Å². The van der Waals surface area contributed by atoms with Crippen LogP contribution in [0.5, 0.6) is 0 Å². The van der Waals surface area contributed by atoms with Crippen molar-refractivity contribution in [1.29, 1.82) is 0 Å². The molecule has 2 nitrogen and oxygen atoms in total. The van der Waals surface area contributed by atoms with Crippen LogP contribution in [0.3, 0.4) is 0 Å². The third kappa shape index (κ3) is 2.64. The normalized spacial score (nSPS) is 25.0. The summed E-state index contributed by atoms with van der Waals surface area (Å²) in [6.07, 6.45) is 0.241. The summed E-state index contributed by atoms with van der Waals surface area (Å²) in [6, 6.07) is 7.82. The lowest BCUT2D eigenvalue weighted by Crippen LogP contribution is -1.98. The van der Waals surface area contributed by atoms with Crippen LogP contribution < -0.4 is 0 Å². The van der Waals surface area contributed by atoms with E-state index in [4.69, 9.17) is 21.1 Å². The molecule has 4 heteroatoms. The van der Waals surface area contributed by atoms with Gasteiger partial charge in [0.1, 0.15) is 6.10 Å². The number of epoxide rings is 1. The van der Waals surface area contributed by atoms with Crippen LogP contribution in [0.15, 0.2) is 29.2 Å². The number of hydrogen-bond acceptors (Lipinski definition) is 3. The zero-order chi connectivity index (χ0) is 9.97. The molecule has 0 amide bonds. The standard InChI is InChI=1S/C10H11ClO2S/c1-12-10-9(13-10)6-14-8-4-2-3-7(11)5-8/h2-5,9-10H,6H2,1H3. The molecule has 0 bridgehead atoms. The zero-order valence-corrected chi connectivity index (χ0v) is 9.35. The molecule has 0 radical (unpaired) electrons. The highest BCUT2D eigenvalue weighted by Crippen LogP contribution is 2.30. The molecule has 0 N–H and O–H groups in total. The second kappa shape index (κ2) is 4.53. The van der Waals surface area contributed by atoms with Crippen LogP contribution in [0.1, 0.15) is 0 Å². The van der Waals surface area contributed by atoms with Crippen molar-refractivity contribution >= 4 is 23.4 Å². The van der Waals surface area contributed by atoms with E-state index < -0.39 is 0 Å². The van der Waals surface area contributed by atoms with Gasteiger partial charge in [0, 0.05) is 22.8 Å². The van der Waals surface area contributed by atoms with E-state index in [1.165, 1.54) is 4.90 Å². The summed E-state index contributed by atoms with van der Waals surface area (Å²) >= 11 is 7.60. The maximum atomic E-state index is 5.86. The average molecular weight is 231 g/mol. The maximum absolute atomic E-state index is 5.86. The molecule has 76 valence electrons. The van der Waals surface area contributed by atoms with Gasteiger partial charge in [-0.3, -0.25) is 0 Å². The Morgan fingerprint density at radius 3 is 3.07 bits per heavy atom. The van der Waals surface area contributed by atoms with Gasteiger partial charge < -0.3 is 9.47 Å². The highest BCUT2D eigenvalue weighted by molar-refractivity contribution is 7.99. The van der Waals surface area contributed by atoms with Gasteiger partial charge >= 0.3 is 0 Å². The Morgan fingerprint density at radius 1 is 1.57 bits per heavy atom. The Kier molecular flexibility index (Phi) is 3.34. The number of hydrogen-bond donors (Lipinski definition) is 0. The molecule has 0 spiro atoms. The monoisotopic (exact) mass is 230 g/mol. The predicted octanol–water partition coefficient (Wildman–Crippen LogP) is 2.80. The maximum Gasteiger partial charge on any atom is 0.184 e. The fourth-order valence-electron chi connectivity index (χ4n) is 1.19. The van der Waals surface area contributed by atoms with E-state index in [9.17, 15) is 0 Å². The van der Waals surface area contributed by atoms with Crippen molar-refractivity contribution in [3.63, 3.8) is 0 Å². The van der Waals surface area contributed by atoms with Crippen LogP contribution >= 0.6 is 23.4 Å². The van der Waals surface area contributed by atoms with Gasteiger partial charge in [0.2, 0.25) is 0 Å². The number of ether oxygens (including phenoxy) is 2. The minimum Gasteiger partial charge on any atom is -0.353 e. The van der Waals surface area contributed by atoms with Gasteiger partial charge in [0.25, 0.3) is 0 Å². The lowest BCUT2D eigenvalue weighted by Gasteiger charge is -1.98. The predicted molar refractivity (Wildman–Crippen MR) is 57.8 cm³/mol. The number of thioether (sulfide) groups is 1. The molecule has 1 saturated heterocycles. The van der Waals surface area contributed by atoms with E-state index in [1.54, 1.807) is 18.9 Å². The molecule has 1 aliphatic heterocycles. The molecular formula is C10H11ClO2S. The number of benzene rings is 1. The minimum atomic E-state index is 0.00156. The molecule has 14 heavy (non-hydrogen) atoms. The third-order valence-electron chi connectivity index (χ3n) is 1.98. The van der Waals surface area contributed by atoms with E-state index >= 15 is 0 Å². The number of halogens is 1. The van der Waals surface area contributed by atoms with Crippen LogP contribution in [0.4, 0.5) is 0 Å². The largest absolute Gasteiger partial charge is 0.353 e. The summed E-state index contributed by atoms with van der Waals surface area (Å²) in [5.74, 6) is 0.916. The van der Waals surface area contributed by atoms with Gasteiger partial charge in [-0.1, -0.05) is 17.7 Å². The summed E-state index contributed by atoms with van der Waals surface area (Å²) in [6.45, 7) is 0. The number of rotatable bonds is 4. The van der Waals surface area contributed by atoms with E-state index in [0.717, 1.165) is 10.8 Å². The Hall–Kier alpha value is -0.220. The van der Waals surface area contributed by atoms with Crippen LogP contribution in [0.25, 0.3) is 0 Å². The molecule has 1 heterocycles. The van der Waals surface area contributed by atoms with Gasteiger partial charge in [-0.2, -0.15) is 0 Å². The lowest BCUT2D eigenvalue weighted by molar-refractivity contribution is 0.0950. The fraction of sp³-hybridized carbons (Fsp3) is 0.400. The first-order chi connectivity index (χ1) is 6.79. The van der Waals surface area contributed by atoms with Crippen molar-refractivity contribution < 1.29 is 9.47 Å². The van der Waals surface area contributed by atoms with Gasteiger partial charge in [0.05, 0.1) is 0 Å². The third-order valence-corrected chi connectivity index (χ3v) is 3.30. The minimum absolute atomic E-state index is 0.00156. The Morgan fingerprint density at radius 2 is 2.43 bits per heavy atom. The van der Waals surface area contributed by atoms with E-state index in [1.807, 2.05) is 24.3 Å². The molecule has 0 saturated carbocycles. The molecule has 1 fully saturated rings. The Balaban J connectivity index is 1.81. The van der Waals surface area contributed by atoms with E-state index in [2.05, 4.69) is 0 Å². The second-order valence-electron chi connectivity index (χ2n) is 3.05. The van der Waals surface area contributed by atoms with Crippen LogP contribution in [0.2, 0.25) is 5.02 Å². The van der Waals surface area contributed by atoms with Crippen molar-refractivity contribution in [1.82, 2.24) is 0 Å². The average Bonchev–Trinajstić information content (AvgIpc) is 2.93. The summed E-state index contributed by atoms with van der Waals surface area (Å²) < 4.78 is 10.3. The SMILES string of the molecule is COC1OC1CSc1cccc(Cl)c1. The highest BCUT2D eigenvalue weighted by Gasteiger charge is 2.38. The first kappa shape index (κ1) is 10.3. The van der Waals surface area contributed by atoms with Gasteiger partial charge in [-0.15, -0.1) is 11.8 Å². The van der Waals surface area contributed by atoms with E-state index in [-0.39, 0.29) is 12.4 Å². The van der Waals surface area contributed by atoms with Crippen molar-refractivity contribution in [2.75, 3.05) is 12.9 Å². The smallest absolute Gasteiger partial charge is 0.184 e. The zero-order valence-electron chi connectivity index (χ0n) is 7.77. The fourth-order valence-corrected chi connectivity index (χ4v) is 2.42. The highest BCUT2D eigenvalue weighted by atomic mass is 35.5. The van der Waals surface area contributed by atoms with Crippen molar-refractivity contribution in [2.24, 2.45) is 0 Å². The first-order valence-electron chi connectivity index (χ1n) is 4.36. The van der Waals surface area contributed by atoms with Crippen LogP contribution in [0, 0.1) is 0 Å². The molecule has 0 aliphatic carbocycles. The summed E-state index contributed by atoms with van der Waals surface area (Å²) in [5, 5.41) is 0.773. The molecule has 2 rings (SSSR count). The topological polar surface area (TPSA) is 21.8 Å². The first-order valence-corrected chi connectivity index (χ1v) is 5.72. The van der Waals surface area contributed by atoms with Gasteiger partial charge in [0.15, 0.2) is 6.29 Å². The summed E-state index contributed by atoms with van der Waals surface area (Å²) in [5.41, 5.74) is 0. The molecular weight excluding hydrogens is 220 g/mol. The van der Waals surface area contributed by atoms with Crippen molar-refractivity contribution in [3.8, 4) is 0 Å². The number of methoxy groups -OCH3 is 1. The van der Waals surface area contributed by atoms with Gasteiger partial charge in [-0.05, 0) is 18.2 Å². The lowest BCUT2D eigenvalue weighted by atomic mass is 10.4. The quantitative estimate of drug-likeness (QED) is 0.587.